The lowest BCUT2D eigenvalue weighted by Crippen LogP contribution is -2.50. The lowest BCUT2D eigenvalue weighted by atomic mass is 10.2. The van der Waals surface area contributed by atoms with Gasteiger partial charge in [-0.2, -0.15) is 0 Å². The number of hydrogen-bond donors (Lipinski definition) is 0. The number of carbonyl (C=O) groups is 2. The molecule has 7 nitrogen and oxygen atoms in total. The third kappa shape index (κ3) is 4.57. The Bertz CT molecular complexity index is 742. The fourth-order valence-electron chi connectivity index (χ4n) is 2.81. The van der Waals surface area contributed by atoms with Gasteiger partial charge in [-0.1, -0.05) is 0 Å². The normalized spacial score (nSPS) is 14.3. The van der Waals surface area contributed by atoms with Gasteiger partial charge in [0.25, 0.3) is 0 Å². The van der Waals surface area contributed by atoms with Crippen molar-refractivity contribution in [3.63, 3.8) is 0 Å². The van der Waals surface area contributed by atoms with E-state index in [-0.39, 0.29) is 12.0 Å². The summed E-state index contributed by atoms with van der Waals surface area (Å²) >= 11 is 1.57. The van der Waals surface area contributed by atoms with Crippen LogP contribution >= 0.6 is 11.3 Å². The zero-order valence-corrected chi connectivity index (χ0v) is 15.6. The molecular weight excluding hydrogens is 352 g/mol. The van der Waals surface area contributed by atoms with Crippen molar-refractivity contribution in [2.24, 2.45) is 0 Å². The van der Waals surface area contributed by atoms with Gasteiger partial charge in [0, 0.05) is 62.4 Å². The molecule has 1 aliphatic rings. The van der Waals surface area contributed by atoms with Crippen molar-refractivity contribution in [2.45, 2.75) is 19.8 Å². The second kappa shape index (κ2) is 8.75. The monoisotopic (exact) mass is 374 g/mol. The number of carbonyl (C=O) groups excluding carboxylic acids is 2. The van der Waals surface area contributed by atoms with Crippen LogP contribution in [0.3, 0.4) is 0 Å². The largest absolute Gasteiger partial charge is 0.450 e. The highest BCUT2D eigenvalue weighted by Crippen LogP contribution is 2.22. The minimum absolute atomic E-state index is 0.106. The molecular formula is C18H22N4O3S. The number of piperazine rings is 1. The highest BCUT2D eigenvalue weighted by atomic mass is 32.1. The number of pyridine rings is 1. The Morgan fingerprint density at radius 2 is 1.85 bits per heavy atom. The molecule has 26 heavy (non-hydrogen) atoms. The average molecular weight is 374 g/mol. The Labute approximate surface area is 156 Å². The lowest BCUT2D eigenvalue weighted by molar-refractivity contribution is -0.132. The van der Waals surface area contributed by atoms with Crippen molar-refractivity contribution in [3.05, 3.63) is 34.9 Å². The molecule has 8 heteroatoms. The predicted molar refractivity (Wildman–Crippen MR) is 98.8 cm³/mol. The van der Waals surface area contributed by atoms with Crippen LogP contribution in [-0.4, -0.2) is 64.6 Å². The summed E-state index contributed by atoms with van der Waals surface area (Å²) in [6.07, 6.45) is 4.25. The zero-order valence-electron chi connectivity index (χ0n) is 14.8. The van der Waals surface area contributed by atoms with Crippen molar-refractivity contribution in [1.29, 1.82) is 0 Å². The van der Waals surface area contributed by atoms with Crippen LogP contribution in [0.15, 0.2) is 29.9 Å². The number of hydrogen-bond acceptors (Lipinski definition) is 6. The van der Waals surface area contributed by atoms with E-state index in [9.17, 15) is 9.59 Å². The first-order chi connectivity index (χ1) is 12.7. The molecule has 2 aromatic rings. The van der Waals surface area contributed by atoms with Gasteiger partial charge in [0.1, 0.15) is 0 Å². The molecule has 3 rings (SSSR count). The Balaban J connectivity index is 1.46. The number of thiazole rings is 1. The summed E-state index contributed by atoms with van der Waals surface area (Å²) in [4.78, 5) is 36.2. The highest BCUT2D eigenvalue weighted by Gasteiger charge is 2.24. The van der Waals surface area contributed by atoms with E-state index in [2.05, 4.69) is 9.97 Å². The van der Waals surface area contributed by atoms with Crippen LogP contribution in [0.25, 0.3) is 11.3 Å². The van der Waals surface area contributed by atoms with Crippen molar-refractivity contribution >= 4 is 23.3 Å². The van der Waals surface area contributed by atoms with Gasteiger partial charge in [-0.05, 0) is 19.1 Å². The molecule has 0 spiro atoms. The first-order valence-corrected chi connectivity index (χ1v) is 9.59. The van der Waals surface area contributed by atoms with Crippen molar-refractivity contribution < 1.29 is 14.3 Å². The molecule has 0 unspecified atom stereocenters. The van der Waals surface area contributed by atoms with Crippen molar-refractivity contribution in [1.82, 2.24) is 19.8 Å². The van der Waals surface area contributed by atoms with Gasteiger partial charge in [0.15, 0.2) is 0 Å². The highest BCUT2D eigenvalue weighted by molar-refractivity contribution is 7.09. The SMILES string of the molecule is CCOC(=O)N1CCN(C(=O)CCc2nc(-c3ccncc3)cs2)CC1. The van der Waals surface area contributed by atoms with E-state index in [1.54, 1.807) is 35.6 Å². The van der Waals surface area contributed by atoms with Crippen LogP contribution < -0.4 is 0 Å². The summed E-state index contributed by atoms with van der Waals surface area (Å²) < 4.78 is 4.99. The van der Waals surface area contributed by atoms with Crippen LogP contribution in [0.1, 0.15) is 18.4 Å². The van der Waals surface area contributed by atoms with Gasteiger partial charge in [-0.25, -0.2) is 9.78 Å². The van der Waals surface area contributed by atoms with E-state index in [1.807, 2.05) is 22.4 Å². The van der Waals surface area contributed by atoms with Crippen LogP contribution in [0.5, 0.6) is 0 Å². The first kappa shape index (κ1) is 18.3. The summed E-state index contributed by atoms with van der Waals surface area (Å²) in [6.45, 7) is 4.31. The molecule has 3 heterocycles. The van der Waals surface area contributed by atoms with Gasteiger partial charge < -0.3 is 14.5 Å². The van der Waals surface area contributed by atoms with E-state index in [1.165, 1.54) is 0 Å². The van der Waals surface area contributed by atoms with E-state index >= 15 is 0 Å². The molecule has 2 amide bonds. The molecule has 1 saturated heterocycles. The molecule has 2 aromatic heterocycles. The Morgan fingerprint density at radius 3 is 2.54 bits per heavy atom. The average Bonchev–Trinajstić information content (AvgIpc) is 3.16. The number of aromatic nitrogens is 2. The molecule has 0 aromatic carbocycles. The van der Waals surface area contributed by atoms with E-state index in [4.69, 9.17) is 4.74 Å². The first-order valence-electron chi connectivity index (χ1n) is 8.71. The summed E-state index contributed by atoms with van der Waals surface area (Å²) in [5, 5.41) is 2.96. The summed E-state index contributed by atoms with van der Waals surface area (Å²) in [7, 11) is 0. The second-order valence-corrected chi connectivity index (χ2v) is 6.87. The third-order valence-electron chi connectivity index (χ3n) is 4.24. The van der Waals surface area contributed by atoms with Gasteiger partial charge in [0.2, 0.25) is 5.91 Å². The number of ether oxygens (including phenoxy) is 1. The van der Waals surface area contributed by atoms with Gasteiger partial charge in [-0.15, -0.1) is 11.3 Å². The van der Waals surface area contributed by atoms with Crippen LogP contribution in [0.2, 0.25) is 0 Å². The van der Waals surface area contributed by atoms with Crippen LogP contribution in [-0.2, 0) is 16.0 Å². The molecule has 0 radical (unpaired) electrons. The summed E-state index contributed by atoms with van der Waals surface area (Å²) in [6, 6.07) is 3.85. The predicted octanol–water partition coefficient (Wildman–Crippen LogP) is 2.44. The summed E-state index contributed by atoms with van der Waals surface area (Å²) in [5.74, 6) is 0.106. The van der Waals surface area contributed by atoms with Crippen LogP contribution in [0.4, 0.5) is 4.79 Å². The number of aryl methyl sites for hydroxylation is 1. The Kier molecular flexibility index (Phi) is 6.17. The Morgan fingerprint density at radius 1 is 1.15 bits per heavy atom. The van der Waals surface area contributed by atoms with E-state index in [0.717, 1.165) is 16.3 Å². The molecule has 0 atom stereocenters. The minimum Gasteiger partial charge on any atom is -0.450 e. The molecule has 0 saturated carbocycles. The number of amides is 2. The molecule has 0 N–H and O–H groups in total. The zero-order chi connectivity index (χ0) is 18.4. The lowest BCUT2D eigenvalue weighted by Gasteiger charge is -2.34. The maximum atomic E-state index is 12.4. The topological polar surface area (TPSA) is 75.6 Å². The van der Waals surface area contributed by atoms with E-state index in [0.29, 0.717) is 45.6 Å². The molecule has 0 aliphatic carbocycles. The molecule has 0 bridgehead atoms. The maximum absolute atomic E-state index is 12.4. The van der Waals surface area contributed by atoms with Crippen molar-refractivity contribution in [3.8, 4) is 11.3 Å². The standard InChI is InChI=1S/C18H22N4O3S/c1-2-25-18(24)22-11-9-21(10-12-22)17(23)4-3-16-20-15(13-26-16)14-5-7-19-8-6-14/h5-8,13H,2-4,9-12H2,1H3. The number of nitrogens with zero attached hydrogens (tertiary/aromatic N) is 4. The van der Waals surface area contributed by atoms with Gasteiger partial charge >= 0.3 is 6.09 Å². The fraction of sp³-hybridized carbons (Fsp3) is 0.444. The molecule has 1 fully saturated rings. The maximum Gasteiger partial charge on any atom is 0.409 e. The van der Waals surface area contributed by atoms with E-state index < -0.39 is 0 Å². The molecule has 138 valence electrons. The fourth-order valence-corrected chi connectivity index (χ4v) is 3.61. The second-order valence-electron chi connectivity index (χ2n) is 5.93. The minimum atomic E-state index is -0.300. The van der Waals surface area contributed by atoms with Gasteiger partial charge in [-0.3, -0.25) is 9.78 Å². The third-order valence-corrected chi connectivity index (χ3v) is 5.15. The number of rotatable bonds is 5. The van der Waals surface area contributed by atoms with Gasteiger partial charge in [0.05, 0.1) is 17.3 Å². The van der Waals surface area contributed by atoms with Crippen LogP contribution in [0, 0.1) is 0 Å². The molecule has 1 aliphatic heterocycles. The smallest absolute Gasteiger partial charge is 0.409 e. The summed E-state index contributed by atoms with van der Waals surface area (Å²) in [5.41, 5.74) is 1.95. The Hall–Kier alpha value is -2.48. The van der Waals surface area contributed by atoms with Crippen molar-refractivity contribution in [2.75, 3.05) is 32.8 Å². The quantitative estimate of drug-likeness (QED) is 0.803.